The summed E-state index contributed by atoms with van der Waals surface area (Å²) in [7, 11) is 1.45. The van der Waals surface area contributed by atoms with Gasteiger partial charge in [0.05, 0.1) is 7.11 Å². The largest absolute Gasteiger partial charge is 0.453 e. The van der Waals surface area contributed by atoms with E-state index in [9.17, 15) is 4.79 Å². The standard InChI is InChI=1S/C15H29N3O2/c1-12(2)17-8-4-13(5-9-17)16-14-6-10-18(11-7-14)15(19)20-3/h12-14,16H,4-11H2,1-3H3. The maximum Gasteiger partial charge on any atom is 0.409 e. The molecule has 0 radical (unpaired) electrons. The van der Waals surface area contributed by atoms with Crippen molar-refractivity contribution in [2.45, 2.75) is 57.7 Å². The molecule has 116 valence electrons. The molecule has 2 fully saturated rings. The van der Waals surface area contributed by atoms with Gasteiger partial charge in [-0.25, -0.2) is 4.79 Å². The molecule has 0 aliphatic carbocycles. The molecule has 1 N–H and O–H groups in total. The molecule has 0 saturated carbocycles. The molecular formula is C15H29N3O2. The fraction of sp³-hybridized carbons (Fsp3) is 0.933. The molecule has 2 saturated heterocycles. The van der Waals surface area contributed by atoms with Gasteiger partial charge in [0.25, 0.3) is 0 Å². The number of likely N-dealkylation sites (tertiary alicyclic amines) is 2. The number of hydrogen-bond donors (Lipinski definition) is 1. The molecule has 5 heteroatoms. The summed E-state index contributed by atoms with van der Waals surface area (Å²) in [6, 6.07) is 1.88. The van der Waals surface area contributed by atoms with Crippen LogP contribution in [0.2, 0.25) is 0 Å². The molecule has 0 unspecified atom stereocenters. The lowest BCUT2D eigenvalue weighted by atomic mass is 9.99. The molecule has 0 bridgehead atoms. The summed E-state index contributed by atoms with van der Waals surface area (Å²) >= 11 is 0. The van der Waals surface area contributed by atoms with Crippen molar-refractivity contribution < 1.29 is 9.53 Å². The molecule has 1 amide bonds. The van der Waals surface area contributed by atoms with Gasteiger partial charge in [0.15, 0.2) is 0 Å². The fourth-order valence-electron chi connectivity index (χ4n) is 3.27. The summed E-state index contributed by atoms with van der Waals surface area (Å²) in [5.74, 6) is 0. The molecule has 2 aliphatic rings. The first-order valence-electron chi connectivity index (χ1n) is 7.93. The van der Waals surface area contributed by atoms with Crippen molar-refractivity contribution >= 4 is 6.09 Å². The minimum atomic E-state index is -0.186. The second-order valence-corrected chi connectivity index (χ2v) is 6.30. The van der Waals surface area contributed by atoms with Crippen LogP contribution in [0.4, 0.5) is 4.79 Å². The van der Waals surface area contributed by atoms with Crippen molar-refractivity contribution in [3.8, 4) is 0 Å². The molecule has 2 aliphatic heterocycles. The molecule has 2 rings (SSSR count). The Morgan fingerprint density at radius 2 is 1.55 bits per heavy atom. The smallest absolute Gasteiger partial charge is 0.409 e. The van der Waals surface area contributed by atoms with Crippen molar-refractivity contribution in [2.75, 3.05) is 33.3 Å². The fourth-order valence-corrected chi connectivity index (χ4v) is 3.27. The number of piperidine rings is 2. The van der Waals surface area contributed by atoms with Gasteiger partial charge in [-0.2, -0.15) is 0 Å². The van der Waals surface area contributed by atoms with Crippen LogP contribution in [0.1, 0.15) is 39.5 Å². The van der Waals surface area contributed by atoms with E-state index in [4.69, 9.17) is 4.74 Å². The van der Waals surface area contributed by atoms with E-state index in [2.05, 4.69) is 24.1 Å². The number of methoxy groups -OCH3 is 1. The summed E-state index contributed by atoms with van der Waals surface area (Å²) in [4.78, 5) is 15.8. The normalized spacial score (nSPS) is 23.3. The maximum absolute atomic E-state index is 11.4. The van der Waals surface area contributed by atoms with Crippen LogP contribution in [0.5, 0.6) is 0 Å². The monoisotopic (exact) mass is 283 g/mol. The van der Waals surface area contributed by atoms with Crippen LogP contribution in [0.25, 0.3) is 0 Å². The van der Waals surface area contributed by atoms with E-state index in [0.29, 0.717) is 18.1 Å². The quantitative estimate of drug-likeness (QED) is 0.856. The highest BCUT2D eigenvalue weighted by Crippen LogP contribution is 2.17. The summed E-state index contributed by atoms with van der Waals surface area (Å²) in [5, 5.41) is 3.79. The second-order valence-electron chi connectivity index (χ2n) is 6.30. The lowest BCUT2D eigenvalue weighted by molar-refractivity contribution is 0.105. The zero-order valence-corrected chi connectivity index (χ0v) is 13.1. The minimum Gasteiger partial charge on any atom is -0.453 e. The van der Waals surface area contributed by atoms with Crippen LogP contribution in [0.15, 0.2) is 0 Å². The van der Waals surface area contributed by atoms with E-state index in [1.165, 1.54) is 33.0 Å². The average molecular weight is 283 g/mol. The van der Waals surface area contributed by atoms with Crippen LogP contribution >= 0.6 is 0 Å². The van der Waals surface area contributed by atoms with Crippen molar-refractivity contribution in [2.24, 2.45) is 0 Å². The van der Waals surface area contributed by atoms with Gasteiger partial charge in [0.2, 0.25) is 0 Å². The SMILES string of the molecule is COC(=O)N1CCC(NC2CCN(C(C)C)CC2)CC1. The van der Waals surface area contributed by atoms with E-state index in [1.807, 2.05) is 0 Å². The summed E-state index contributed by atoms with van der Waals surface area (Å²) in [6.07, 6.45) is 4.39. The second kappa shape index (κ2) is 7.27. The van der Waals surface area contributed by atoms with E-state index in [-0.39, 0.29) is 6.09 Å². The van der Waals surface area contributed by atoms with Crippen LogP contribution in [0, 0.1) is 0 Å². The van der Waals surface area contributed by atoms with Gasteiger partial charge in [0.1, 0.15) is 0 Å². The third kappa shape index (κ3) is 4.09. The maximum atomic E-state index is 11.4. The van der Waals surface area contributed by atoms with Gasteiger partial charge in [-0.3, -0.25) is 0 Å². The Balaban J connectivity index is 1.68. The van der Waals surface area contributed by atoms with Crippen molar-refractivity contribution in [1.29, 1.82) is 0 Å². The van der Waals surface area contributed by atoms with E-state index < -0.39 is 0 Å². The number of rotatable bonds is 3. The van der Waals surface area contributed by atoms with Gasteiger partial charge in [-0.05, 0) is 52.6 Å². The zero-order chi connectivity index (χ0) is 14.5. The first-order chi connectivity index (χ1) is 9.60. The van der Waals surface area contributed by atoms with Crippen LogP contribution in [-0.4, -0.2) is 67.3 Å². The first kappa shape index (κ1) is 15.6. The third-order valence-corrected chi connectivity index (χ3v) is 4.66. The molecule has 0 aromatic carbocycles. The molecule has 0 aromatic heterocycles. The van der Waals surface area contributed by atoms with Crippen LogP contribution in [-0.2, 0) is 4.74 Å². The number of hydrogen-bond acceptors (Lipinski definition) is 4. The van der Waals surface area contributed by atoms with Crippen molar-refractivity contribution in [1.82, 2.24) is 15.1 Å². The highest BCUT2D eigenvalue weighted by molar-refractivity contribution is 5.67. The van der Waals surface area contributed by atoms with E-state index >= 15 is 0 Å². The summed E-state index contributed by atoms with van der Waals surface area (Å²) in [6.45, 7) is 8.59. The summed E-state index contributed by atoms with van der Waals surface area (Å²) < 4.78 is 4.77. The van der Waals surface area contributed by atoms with Crippen LogP contribution < -0.4 is 5.32 Å². The number of nitrogens with zero attached hydrogens (tertiary/aromatic N) is 2. The lowest BCUT2D eigenvalue weighted by Crippen LogP contribution is -2.51. The Bertz CT molecular complexity index is 306. The van der Waals surface area contributed by atoms with Crippen molar-refractivity contribution in [3.63, 3.8) is 0 Å². The zero-order valence-electron chi connectivity index (χ0n) is 13.1. The van der Waals surface area contributed by atoms with E-state index in [1.54, 1.807) is 4.90 Å². The molecule has 0 aromatic rings. The number of ether oxygens (including phenoxy) is 1. The number of carbonyl (C=O) groups excluding carboxylic acids is 1. The van der Waals surface area contributed by atoms with Crippen LogP contribution in [0.3, 0.4) is 0 Å². The predicted octanol–water partition coefficient (Wildman–Crippen LogP) is 1.68. The topological polar surface area (TPSA) is 44.8 Å². The van der Waals surface area contributed by atoms with Gasteiger partial charge >= 0.3 is 6.09 Å². The minimum absolute atomic E-state index is 0.186. The Labute approximate surface area is 122 Å². The van der Waals surface area contributed by atoms with Gasteiger partial charge < -0.3 is 19.9 Å². The molecule has 0 spiro atoms. The average Bonchev–Trinajstić information content (AvgIpc) is 2.48. The highest BCUT2D eigenvalue weighted by Gasteiger charge is 2.27. The van der Waals surface area contributed by atoms with Gasteiger partial charge in [-0.1, -0.05) is 0 Å². The lowest BCUT2D eigenvalue weighted by Gasteiger charge is -2.38. The molecular weight excluding hydrogens is 254 g/mol. The molecule has 5 nitrogen and oxygen atoms in total. The third-order valence-electron chi connectivity index (χ3n) is 4.66. The molecule has 20 heavy (non-hydrogen) atoms. The summed E-state index contributed by atoms with van der Waals surface area (Å²) in [5.41, 5.74) is 0. The van der Waals surface area contributed by atoms with Gasteiger partial charge in [-0.15, -0.1) is 0 Å². The predicted molar refractivity (Wildman–Crippen MR) is 79.9 cm³/mol. The molecule has 0 atom stereocenters. The van der Waals surface area contributed by atoms with E-state index in [0.717, 1.165) is 25.9 Å². The Morgan fingerprint density at radius 3 is 2.00 bits per heavy atom. The van der Waals surface area contributed by atoms with Crippen molar-refractivity contribution in [3.05, 3.63) is 0 Å². The number of nitrogens with one attached hydrogen (secondary N) is 1. The van der Waals surface area contributed by atoms with Gasteiger partial charge in [0, 0.05) is 31.2 Å². The molecule has 2 heterocycles. The first-order valence-corrected chi connectivity index (χ1v) is 7.93. The highest BCUT2D eigenvalue weighted by atomic mass is 16.5. The Morgan fingerprint density at radius 1 is 1.05 bits per heavy atom. The Kier molecular flexibility index (Phi) is 5.66. The number of carbonyl (C=O) groups is 1. The number of amides is 1. The Hall–Kier alpha value is -0.810.